The zero-order valence-electron chi connectivity index (χ0n) is 13.9. The van der Waals surface area contributed by atoms with Gasteiger partial charge in [0.1, 0.15) is 0 Å². The van der Waals surface area contributed by atoms with Gasteiger partial charge in [0.05, 0.1) is 4.90 Å². The van der Waals surface area contributed by atoms with Gasteiger partial charge in [-0.25, -0.2) is 13.2 Å². The second-order valence-electron chi connectivity index (χ2n) is 5.44. The molecule has 128 valence electrons. The average molecular weight is 347 g/mol. The molecular weight excluding hydrogens is 326 g/mol. The van der Waals surface area contributed by atoms with Crippen LogP contribution < -0.4 is 15.6 Å². The van der Waals surface area contributed by atoms with Crippen molar-refractivity contribution in [3.63, 3.8) is 0 Å². The van der Waals surface area contributed by atoms with Crippen molar-refractivity contribution in [2.45, 2.75) is 32.1 Å². The van der Waals surface area contributed by atoms with Crippen LogP contribution in [0.5, 0.6) is 0 Å². The van der Waals surface area contributed by atoms with Gasteiger partial charge < -0.3 is 5.32 Å². The highest BCUT2D eigenvalue weighted by Gasteiger charge is 2.16. The Morgan fingerprint density at radius 2 is 1.75 bits per heavy atom. The van der Waals surface area contributed by atoms with Crippen molar-refractivity contribution < 1.29 is 13.2 Å². The van der Waals surface area contributed by atoms with Crippen LogP contribution in [-0.2, 0) is 16.4 Å². The first-order chi connectivity index (χ1) is 11.3. The van der Waals surface area contributed by atoms with E-state index in [1.807, 2.05) is 32.9 Å². The summed E-state index contributed by atoms with van der Waals surface area (Å²) in [6, 6.07) is 11.5. The lowest BCUT2D eigenvalue weighted by Crippen LogP contribution is -2.43. The summed E-state index contributed by atoms with van der Waals surface area (Å²) in [6.45, 7) is 5.70. The van der Waals surface area contributed by atoms with Crippen LogP contribution in [0, 0.1) is 13.8 Å². The zero-order chi connectivity index (χ0) is 17.7. The van der Waals surface area contributed by atoms with Crippen molar-refractivity contribution in [1.29, 1.82) is 0 Å². The van der Waals surface area contributed by atoms with Gasteiger partial charge in [0.15, 0.2) is 0 Å². The zero-order valence-corrected chi connectivity index (χ0v) is 14.7. The second-order valence-corrected chi connectivity index (χ2v) is 7.12. The van der Waals surface area contributed by atoms with Gasteiger partial charge in [-0.2, -0.15) is 0 Å². The van der Waals surface area contributed by atoms with E-state index in [9.17, 15) is 13.2 Å². The van der Waals surface area contributed by atoms with Gasteiger partial charge in [-0.15, -0.1) is 4.83 Å². The molecule has 0 unspecified atom stereocenters. The molecule has 2 aromatic carbocycles. The number of anilines is 1. The molecule has 0 aliphatic rings. The molecule has 2 amide bonds. The van der Waals surface area contributed by atoms with Gasteiger partial charge in [0.2, 0.25) is 0 Å². The van der Waals surface area contributed by atoms with Gasteiger partial charge in [-0.05, 0) is 55.2 Å². The third kappa shape index (κ3) is 4.33. The Morgan fingerprint density at radius 3 is 2.42 bits per heavy atom. The summed E-state index contributed by atoms with van der Waals surface area (Å²) in [5.41, 5.74) is 5.63. The van der Waals surface area contributed by atoms with Crippen molar-refractivity contribution in [1.82, 2.24) is 10.3 Å². The molecular formula is C17H21N3O3S. The van der Waals surface area contributed by atoms with E-state index >= 15 is 0 Å². The normalized spacial score (nSPS) is 11.1. The van der Waals surface area contributed by atoms with E-state index in [0.717, 1.165) is 23.1 Å². The number of carbonyl (C=O) groups excluding carboxylic acids is 1. The summed E-state index contributed by atoms with van der Waals surface area (Å²) < 4.78 is 24.4. The van der Waals surface area contributed by atoms with Crippen LogP contribution in [0.25, 0.3) is 0 Å². The van der Waals surface area contributed by atoms with Gasteiger partial charge in [-0.3, -0.25) is 5.43 Å². The lowest BCUT2D eigenvalue weighted by atomic mass is 10.1. The number of carbonyl (C=O) groups is 1. The van der Waals surface area contributed by atoms with Gasteiger partial charge in [0.25, 0.3) is 10.0 Å². The predicted octanol–water partition coefficient (Wildman–Crippen LogP) is 2.88. The summed E-state index contributed by atoms with van der Waals surface area (Å²) in [5, 5.41) is 2.63. The lowest BCUT2D eigenvalue weighted by Gasteiger charge is -2.12. The Kier molecular flexibility index (Phi) is 5.58. The highest BCUT2D eigenvalue weighted by Crippen LogP contribution is 2.16. The third-order valence-corrected chi connectivity index (χ3v) is 4.98. The molecule has 24 heavy (non-hydrogen) atoms. The van der Waals surface area contributed by atoms with Crippen molar-refractivity contribution in [2.75, 3.05) is 5.32 Å². The number of aryl methyl sites for hydroxylation is 3. The SMILES string of the molecule is CCc1ccccc1NC(=O)NNS(=O)(=O)c1ccc(C)c(C)c1. The Labute approximate surface area is 142 Å². The van der Waals surface area contributed by atoms with Crippen molar-refractivity contribution in [2.24, 2.45) is 0 Å². The number of sulfonamides is 1. The van der Waals surface area contributed by atoms with E-state index in [2.05, 4.69) is 15.6 Å². The molecule has 0 atom stereocenters. The molecule has 0 aliphatic carbocycles. The fourth-order valence-corrected chi connectivity index (χ4v) is 3.08. The minimum atomic E-state index is -3.82. The molecule has 6 nitrogen and oxygen atoms in total. The van der Waals surface area contributed by atoms with E-state index in [1.54, 1.807) is 24.3 Å². The molecule has 0 heterocycles. The minimum Gasteiger partial charge on any atom is -0.307 e. The first-order valence-corrected chi connectivity index (χ1v) is 9.05. The second kappa shape index (κ2) is 7.46. The van der Waals surface area contributed by atoms with E-state index in [-0.39, 0.29) is 4.90 Å². The Balaban J connectivity index is 2.03. The number of amides is 2. The number of hydrazine groups is 1. The number of nitrogens with one attached hydrogen (secondary N) is 3. The van der Waals surface area contributed by atoms with Crippen LogP contribution in [-0.4, -0.2) is 14.4 Å². The summed E-state index contributed by atoms with van der Waals surface area (Å²) in [5.74, 6) is 0. The topological polar surface area (TPSA) is 87.3 Å². The Bertz CT molecular complexity index is 848. The first kappa shape index (κ1) is 18.0. The minimum absolute atomic E-state index is 0.0971. The Morgan fingerprint density at radius 1 is 1.04 bits per heavy atom. The van der Waals surface area contributed by atoms with E-state index < -0.39 is 16.1 Å². The number of urea groups is 1. The molecule has 2 aromatic rings. The fraction of sp³-hybridized carbons (Fsp3) is 0.235. The highest BCUT2D eigenvalue weighted by molar-refractivity contribution is 7.89. The number of rotatable bonds is 5. The van der Waals surface area contributed by atoms with Crippen molar-refractivity contribution in [3.05, 3.63) is 59.2 Å². The van der Waals surface area contributed by atoms with E-state index in [4.69, 9.17) is 0 Å². The molecule has 0 saturated carbocycles. The Hall–Kier alpha value is -2.38. The van der Waals surface area contributed by atoms with Crippen LogP contribution in [0.2, 0.25) is 0 Å². The average Bonchev–Trinajstić information content (AvgIpc) is 2.56. The molecule has 0 aliphatic heterocycles. The quantitative estimate of drug-likeness (QED) is 0.727. The maximum atomic E-state index is 12.2. The monoisotopic (exact) mass is 347 g/mol. The molecule has 0 radical (unpaired) electrons. The van der Waals surface area contributed by atoms with Crippen LogP contribution in [0.4, 0.5) is 10.5 Å². The van der Waals surface area contributed by atoms with E-state index in [0.29, 0.717) is 5.69 Å². The molecule has 0 aromatic heterocycles. The van der Waals surface area contributed by atoms with Crippen LogP contribution in [0.1, 0.15) is 23.6 Å². The number of para-hydroxylation sites is 1. The number of hydrogen-bond donors (Lipinski definition) is 3. The molecule has 0 fully saturated rings. The maximum absolute atomic E-state index is 12.2. The number of benzene rings is 2. The fourth-order valence-electron chi connectivity index (χ4n) is 2.16. The summed E-state index contributed by atoms with van der Waals surface area (Å²) in [4.78, 5) is 14.1. The predicted molar refractivity (Wildman–Crippen MR) is 94.2 cm³/mol. The van der Waals surface area contributed by atoms with Crippen LogP contribution in [0.15, 0.2) is 47.4 Å². The van der Waals surface area contributed by atoms with Crippen LogP contribution in [0.3, 0.4) is 0 Å². The molecule has 0 saturated heterocycles. The molecule has 7 heteroatoms. The van der Waals surface area contributed by atoms with Gasteiger partial charge in [-0.1, -0.05) is 31.2 Å². The smallest absolute Gasteiger partial charge is 0.307 e. The maximum Gasteiger partial charge on any atom is 0.334 e. The highest BCUT2D eigenvalue weighted by atomic mass is 32.2. The molecule has 3 N–H and O–H groups in total. The molecule has 2 rings (SSSR count). The summed E-state index contributed by atoms with van der Waals surface area (Å²) >= 11 is 0. The summed E-state index contributed by atoms with van der Waals surface area (Å²) in [6.07, 6.45) is 0.755. The van der Waals surface area contributed by atoms with Gasteiger partial charge in [0, 0.05) is 5.69 Å². The first-order valence-electron chi connectivity index (χ1n) is 7.57. The molecule has 0 spiro atoms. The van der Waals surface area contributed by atoms with Crippen LogP contribution >= 0.6 is 0 Å². The third-order valence-electron chi connectivity index (χ3n) is 3.73. The molecule has 0 bridgehead atoms. The van der Waals surface area contributed by atoms with Crippen molar-refractivity contribution in [3.8, 4) is 0 Å². The lowest BCUT2D eigenvalue weighted by molar-refractivity contribution is 0.250. The summed E-state index contributed by atoms with van der Waals surface area (Å²) in [7, 11) is -3.82. The van der Waals surface area contributed by atoms with Crippen molar-refractivity contribution >= 4 is 21.7 Å². The van der Waals surface area contributed by atoms with Gasteiger partial charge >= 0.3 is 6.03 Å². The standard InChI is InChI=1S/C17H21N3O3S/c1-4-14-7-5-6-8-16(14)18-17(21)19-20-24(22,23)15-10-9-12(2)13(3)11-15/h5-11,20H,4H2,1-3H3,(H2,18,19,21). The number of hydrogen-bond acceptors (Lipinski definition) is 3. The van der Waals surface area contributed by atoms with E-state index in [1.165, 1.54) is 6.07 Å². The largest absolute Gasteiger partial charge is 0.334 e.